The van der Waals surface area contributed by atoms with Gasteiger partial charge in [-0.3, -0.25) is 0 Å². The molecule has 2 aromatic carbocycles. The standard InChI is InChI=1S/C24H25N5O2S/c1-15-7-11-18(12-8-15)32(30,31)29-14-20(19-5-3-4-6-22(19)29)21-13-23(28-24(25)27-21)26-16(2)17-9-10-17/h3-8,11-14,16-17H,9-10H2,1-2H3,(H3,25,26,27,28)/t16-/m0/s1. The first-order valence-electron chi connectivity index (χ1n) is 10.7. The van der Waals surface area contributed by atoms with E-state index < -0.39 is 10.0 Å². The number of benzene rings is 2. The van der Waals surface area contributed by atoms with Crippen LogP contribution in [0.5, 0.6) is 0 Å². The number of aromatic nitrogens is 3. The lowest BCUT2D eigenvalue weighted by Gasteiger charge is -2.14. The molecule has 0 saturated heterocycles. The Morgan fingerprint density at radius 3 is 2.53 bits per heavy atom. The van der Waals surface area contributed by atoms with E-state index in [-0.39, 0.29) is 10.8 Å². The average Bonchev–Trinajstić information content (AvgIpc) is 3.54. The first-order valence-corrected chi connectivity index (χ1v) is 12.1. The van der Waals surface area contributed by atoms with Crippen molar-refractivity contribution in [1.82, 2.24) is 13.9 Å². The highest BCUT2D eigenvalue weighted by molar-refractivity contribution is 7.90. The minimum absolute atomic E-state index is 0.145. The fraction of sp³-hybridized carbons (Fsp3) is 0.250. The van der Waals surface area contributed by atoms with Gasteiger partial charge in [0, 0.05) is 29.3 Å². The van der Waals surface area contributed by atoms with Gasteiger partial charge in [0.25, 0.3) is 10.0 Å². The number of aryl methyl sites for hydroxylation is 1. The predicted octanol–water partition coefficient (Wildman–Crippen LogP) is 4.44. The molecule has 0 amide bonds. The van der Waals surface area contributed by atoms with Crippen LogP contribution in [-0.4, -0.2) is 28.4 Å². The maximum absolute atomic E-state index is 13.5. The molecule has 5 rings (SSSR count). The second-order valence-electron chi connectivity index (χ2n) is 8.44. The monoisotopic (exact) mass is 447 g/mol. The Labute approximate surface area is 187 Å². The van der Waals surface area contributed by atoms with Crippen LogP contribution in [0.25, 0.3) is 22.2 Å². The van der Waals surface area contributed by atoms with E-state index in [1.54, 1.807) is 36.5 Å². The van der Waals surface area contributed by atoms with Crippen molar-refractivity contribution in [3.8, 4) is 11.3 Å². The predicted molar refractivity (Wildman–Crippen MR) is 127 cm³/mol. The second kappa shape index (κ2) is 7.63. The lowest BCUT2D eigenvalue weighted by molar-refractivity contribution is 0.589. The molecule has 1 aliphatic rings. The molecule has 32 heavy (non-hydrogen) atoms. The van der Waals surface area contributed by atoms with Gasteiger partial charge in [-0.05, 0) is 50.8 Å². The normalized spacial score (nSPS) is 15.1. The van der Waals surface area contributed by atoms with Gasteiger partial charge in [0.2, 0.25) is 5.95 Å². The molecule has 8 heteroatoms. The van der Waals surface area contributed by atoms with Gasteiger partial charge in [-0.2, -0.15) is 4.98 Å². The van der Waals surface area contributed by atoms with Gasteiger partial charge in [0.15, 0.2) is 0 Å². The number of fused-ring (bicyclic) bond motifs is 1. The zero-order valence-corrected chi connectivity index (χ0v) is 18.8. The number of rotatable bonds is 6. The third-order valence-electron chi connectivity index (χ3n) is 5.98. The average molecular weight is 448 g/mol. The van der Waals surface area contributed by atoms with Crippen LogP contribution in [0.15, 0.2) is 65.7 Å². The Hall–Kier alpha value is -3.39. The summed E-state index contributed by atoms with van der Waals surface area (Å²) in [6.45, 7) is 4.06. The van der Waals surface area contributed by atoms with Crippen LogP contribution < -0.4 is 11.1 Å². The number of hydrogen-bond donors (Lipinski definition) is 2. The number of nitrogens with zero attached hydrogens (tertiary/aromatic N) is 3. The third kappa shape index (κ3) is 3.71. The van der Waals surface area contributed by atoms with Crippen LogP contribution in [0.4, 0.5) is 11.8 Å². The van der Waals surface area contributed by atoms with Gasteiger partial charge in [0.1, 0.15) is 5.82 Å². The molecular formula is C24H25N5O2S. The Bertz CT molecular complexity index is 1410. The number of para-hydroxylation sites is 1. The molecule has 7 nitrogen and oxygen atoms in total. The number of hydrogen-bond acceptors (Lipinski definition) is 6. The highest BCUT2D eigenvalue weighted by Crippen LogP contribution is 2.36. The van der Waals surface area contributed by atoms with E-state index >= 15 is 0 Å². The Balaban J connectivity index is 1.63. The number of nitrogen functional groups attached to an aromatic ring is 1. The molecule has 164 valence electrons. The maximum atomic E-state index is 13.5. The molecule has 0 aliphatic heterocycles. The summed E-state index contributed by atoms with van der Waals surface area (Å²) in [4.78, 5) is 8.99. The van der Waals surface area contributed by atoms with Crippen molar-refractivity contribution in [3.05, 3.63) is 66.4 Å². The quantitative estimate of drug-likeness (QED) is 0.453. The SMILES string of the molecule is Cc1ccc(S(=O)(=O)n2cc(-c3cc(N[C@@H](C)C4CC4)nc(N)n3)c3ccccc32)cc1. The largest absolute Gasteiger partial charge is 0.368 e. The molecule has 2 heterocycles. The highest BCUT2D eigenvalue weighted by atomic mass is 32.2. The van der Waals surface area contributed by atoms with Crippen LogP contribution in [0.3, 0.4) is 0 Å². The smallest absolute Gasteiger partial charge is 0.268 e. The van der Waals surface area contributed by atoms with Gasteiger partial charge in [-0.25, -0.2) is 17.4 Å². The fourth-order valence-corrected chi connectivity index (χ4v) is 5.37. The van der Waals surface area contributed by atoms with Crippen LogP contribution >= 0.6 is 0 Å². The first-order chi connectivity index (χ1) is 15.3. The van der Waals surface area contributed by atoms with Crippen molar-refractivity contribution in [2.24, 2.45) is 5.92 Å². The summed E-state index contributed by atoms with van der Waals surface area (Å²) in [6, 6.07) is 16.4. The van der Waals surface area contributed by atoms with Crippen molar-refractivity contribution in [3.63, 3.8) is 0 Å². The van der Waals surface area contributed by atoms with E-state index in [0.29, 0.717) is 34.6 Å². The van der Waals surface area contributed by atoms with E-state index in [4.69, 9.17) is 5.73 Å². The Morgan fingerprint density at radius 1 is 1.09 bits per heavy atom. The molecule has 0 radical (unpaired) electrons. The maximum Gasteiger partial charge on any atom is 0.268 e. The lowest BCUT2D eigenvalue weighted by Crippen LogP contribution is -2.18. The van der Waals surface area contributed by atoms with Crippen molar-refractivity contribution in [1.29, 1.82) is 0 Å². The minimum atomic E-state index is -3.79. The van der Waals surface area contributed by atoms with Gasteiger partial charge >= 0.3 is 0 Å². The Morgan fingerprint density at radius 2 is 1.81 bits per heavy atom. The topological polar surface area (TPSA) is 103 Å². The summed E-state index contributed by atoms with van der Waals surface area (Å²) in [5.74, 6) is 1.44. The van der Waals surface area contributed by atoms with Gasteiger partial charge in [0.05, 0.1) is 16.1 Å². The molecular weight excluding hydrogens is 422 g/mol. The summed E-state index contributed by atoms with van der Waals surface area (Å²) >= 11 is 0. The van der Waals surface area contributed by atoms with Crippen molar-refractivity contribution in [2.45, 2.75) is 37.6 Å². The first kappa shape index (κ1) is 20.5. The van der Waals surface area contributed by atoms with Crippen LogP contribution in [0.2, 0.25) is 0 Å². The van der Waals surface area contributed by atoms with E-state index in [1.807, 2.05) is 31.2 Å². The summed E-state index contributed by atoms with van der Waals surface area (Å²) in [6.07, 6.45) is 4.05. The molecule has 0 bridgehead atoms. The summed E-state index contributed by atoms with van der Waals surface area (Å²) in [5, 5.41) is 4.19. The van der Waals surface area contributed by atoms with E-state index in [9.17, 15) is 8.42 Å². The van der Waals surface area contributed by atoms with Gasteiger partial charge in [-0.1, -0.05) is 35.9 Å². The molecule has 2 aromatic heterocycles. The minimum Gasteiger partial charge on any atom is -0.368 e. The molecule has 3 N–H and O–H groups in total. The molecule has 0 spiro atoms. The van der Waals surface area contributed by atoms with E-state index in [2.05, 4.69) is 22.2 Å². The Kier molecular flexibility index (Phi) is 4.89. The van der Waals surface area contributed by atoms with Crippen LogP contribution in [-0.2, 0) is 10.0 Å². The number of nitrogens with one attached hydrogen (secondary N) is 1. The van der Waals surface area contributed by atoms with Gasteiger partial charge < -0.3 is 11.1 Å². The number of anilines is 2. The highest BCUT2D eigenvalue weighted by Gasteiger charge is 2.28. The molecule has 0 unspecified atom stereocenters. The summed E-state index contributed by atoms with van der Waals surface area (Å²) in [7, 11) is -3.79. The van der Waals surface area contributed by atoms with Crippen molar-refractivity contribution >= 4 is 32.7 Å². The fourth-order valence-electron chi connectivity index (χ4n) is 4.00. The zero-order chi connectivity index (χ0) is 22.5. The van der Waals surface area contributed by atoms with Crippen molar-refractivity contribution < 1.29 is 8.42 Å². The second-order valence-corrected chi connectivity index (χ2v) is 10.3. The zero-order valence-electron chi connectivity index (χ0n) is 18.0. The van der Waals surface area contributed by atoms with Crippen molar-refractivity contribution in [2.75, 3.05) is 11.1 Å². The molecule has 1 fully saturated rings. The molecule has 1 aliphatic carbocycles. The summed E-state index contributed by atoms with van der Waals surface area (Å²) in [5.41, 5.74) is 8.87. The van der Waals surface area contributed by atoms with E-state index in [0.717, 1.165) is 10.9 Å². The molecule has 1 atom stereocenters. The van der Waals surface area contributed by atoms with Crippen LogP contribution in [0, 0.1) is 12.8 Å². The van der Waals surface area contributed by atoms with Crippen LogP contribution in [0.1, 0.15) is 25.3 Å². The van der Waals surface area contributed by atoms with E-state index in [1.165, 1.54) is 16.8 Å². The molecule has 1 saturated carbocycles. The lowest BCUT2D eigenvalue weighted by atomic mass is 10.1. The van der Waals surface area contributed by atoms with Gasteiger partial charge in [-0.15, -0.1) is 0 Å². The molecule has 4 aromatic rings. The number of nitrogens with two attached hydrogens (primary N) is 1. The summed E-state index contributed by atoms with van der Waals surface area (Å²) < 4.78 is 28.2. The third-order valence-corrected chi connectivity index (χ3v) is 7.67.